The van der Waals surface area contributed by atoms with E-state index in [0.717, 1.165) is 0 Å². The molecule has 7 heteroatoms. The van der Waals surface area contributed by atoms with Crippen LogP contribution in [0.4, 0.5) is 8.78 Å². The van der Waals surface area contributed by atoms with E-state index < -0.39 is 11.6 Å². The molecule has 1 amide bonds. The van der Waals surface area contributed by atoms with Crippen LogP contribution >= 0.6 is 11.6 Å². The third-order valence-corrected chi connectivity index (χ3v) is 4.42. The molecular formula is C22H17ClF2N2O2. The normalized spacial score (nSPS) is 10.9. The minimum atomic E-state index is -0.574. The van der Waals surface area contributed by atoms with Crippen LogP contribution in [0.1, 0.15) is 11.1 Å². The van der Waals surface area contributed by atoms with Gasteiger partial charge < -0.3 is 9.64 Å². The fourth-order valence-corrected chi connectivity index (χ4v) is 2.75. The number of rotatable bonds is 6. The molecule has 0 spiro atoms. The molecule has 0 bridgehead atoms. The quantitative estimate of drug-likeness (QED) is 0.502. The summed E-state index contributed by atoms with van der Waals surface area (Å²) in [6.45, 7) is 0.0148. The Kier molecular flexibility index (Phi) is 6.57. The highest BCUT2D eigenvalue weighted by Crippen LogP contribution is 2.25. The number of carbonyl (C=O) groups is 1. The summed E-state index contributed by atoms with van der Waals surface area (Å²) in [6.07, 6.45) is 5.82. The number of pyridine rings is 1. The van der Waals surface area contributed by atoms with Crippen molar-refractivity contribution >= 4 is 23.6 Å². The summed E-state index contributed by atoms with van der Waals surface area (Å²) < 4.78 is 33.6. The maximum Gasteiger partial charge on any atom is 0.246 e. The van der Waals surface area contributed by atoms with Crippen molar-refractivity contribution in [3.63, 3.8) is 0 Å². The highest BCUT2D eigenvalue weighted by atomic mass is 35.5. The number of amides is 1. The topological polar surface area (TPSA) is 42.4 Å². The highest BCUT2D eigenvalue weighted by molar-refractivity contribution is 6.31. The summed E-state index contributed by atoms with van der Waals surface area (Å²) in [4.78, 5) is 17.5. The molecule has 1 heterocycles. The smallest absolute Gasteiger partial charge is 0.246 e. The van der Waals surface area contributed by atoms with Gasteiger partial charge in [0.05, 0.1) is 6.20 Å². The molecule has 2 aromatic carbocycles. The van der Waals surface area contributed by atoms with E-state index in [1.807, 2.05) is 0 Å². The number of likely N-dealkylation sites (N-methyl/N-ethyl adjacent to an activating group) is 1. The van der Waals surface area contributed by atoms with E-state index in [4.69, 9.17) is 16.3 Å². The standard InChI is InChI=1S/C22H17ClF2N2O2/c1-27(14-17-18(23)5-2-6-19(17)24)22(28)10-8-15-7-9-21(20(25)12-15)29-16-4-3-11-26-13-16/h2-13H,14H2,1H3/b10-8+. The maximum absolute atomic E-state index is 14.3. The first-order chi connectivity index (χ1) is 13.9. The Morgan fingerprint density at radius 3 is 2.69 bits per heavy atom. The van der Waals surface area contributed by atoms with Crippen LogP contribution in [0.25, 0.3) is 6.08 Å². The average molecular weight is 415 g/mol. The van der Waals surface area contributed by atoms with Gasteiger partial charge in [0.2, 0.25) is 5.91 Å². The number of ether oxygens (including phenoxy) is 1. The number of hydrogen-bond donors (Lipinski definition) is 0. The molecular weight excluding hydrogens is 398 g/mol. The lowest BCUT2D eigenvalue weighted by Crippen LogP contribution is -2.24. The Morgan fingerprint density at radius 2 is 2.00 bits per heavy atom. The van der Waals surface area contributed by atoms with Crippen LogP contribution in [0.2, 0.25) is 5.02 Å². The molecule has 29 heavy (non-hydrogen) atoms. The second kappa shape index (κ2) is 9.30. The molecule has 0 saturated heterocycles. The van der Waals surface area contributed by atoms with Crippen LogP contribution in [0, 0.1) is 11.6 Å². The molecule has 0 aliphatic carbocycles. The second-order valence-electron chi connectivity index (χ2n) is 6.21. The molecule has 1 aromatic heterocycles. The van der Waals surface area contributed by atoms with Gasteiger partial charge in [-0.3, -0.25) is 9.78 Å². The van der Waals surface area contributed by atoms with Crippen molar-refractivity contribution in [1.29, 1.82) is 0 Å². The summed E-state index contributed by atoms with van der Waals surface area (Å²) in [5.41, 5.74) is 0.716. The van der Waals surface area contributed by atoms with Gasteiger partial charge in [-0.05, 0) is 48.0 Å². The monoisotopic (exact) mass is 414 g/mol. The van der Waals surface area contributed by atoms with E-state index in [0.29, 0.717) is 11.3 Å². The lowest BCUT2D eigenvalue weighted by Gasteiger charge is -2.16. The summed E-state index contributed by atoms with van der Waals surface area (Å²) in [7, 11) is 1.53. The van der Waals surface area contributed by atoms with Crippen LogP contribution in [0.15, 0.2) is 67.0 Å². The molecule has 0 saturated carbocycles. The second-order valence-corrected chi connectivity index (χ2v) is 6.62. The van der Waals surface area contributed by atoms with Crippen molar-refractivity contribution in [3.05, 3.63) is 94.8 Å². The molecule has 0 N–H and O–H groups in total. The van der Waals surface area contributed by atoms with Crippen LogP contribution in [-0.2, 0) is 11.3 Å². The number of hydrogen-bond acceptors (Lipinski definition) is 3. The third-order valence-electron chi connectivity index (χ3n) is 4.07. The van der Waals surface area contributed by atoms with Gasteiger partial charge in [0.1, 0.15) is 11.6 Å². The summed E-state index contributed by atoms with van der Waals surface area (Å²) in [5, 5.41) is 0.250. The van der Waals surface area contributed by atoms with Crippen molar-refractivity contribution in [3.8, 4) is 11.5 Å². The van der Waals surface area contributed by atoms with E-state index in [-0.39, 0.29) is 28.8 Å². The predicted octanol–water partition coefficient (Wildman–Crippen LogP) is 5.48. The largest absolute Gasteiger partial charge is 0.453 e. The zero-order valence-electron chi connectivity index (χ0n) is 15.5. The number of carbonyl (C=O) groups excluding carboxylic acids is 1. The number of nitrogens with zero attached hydrogens (tertiary/aromatic N) is 2. The molecule has 148 valence electrons. The van der Waals surface area contributed by atoms with Crippen LogP contribution in [-0.4, -0.2) is 22.8 Å². The van der Waals surface area contributed by atoms with E-state index in [9.17, 15) is 13.6 Å². The minimum absolute atomic E-state index is 0.0148. The molecule has 0 atom stereocenters. The molecule has 0 unspecified atom stereocenters. The van der Waals surface area contributed by atoms with Gasteiger partial charge in [0, 0.05) is 36.5 Å². The third kappa shape index (κ3) is 5.39. The van der Waals surface area contributed by atoms with Gasteiger partial charge in [-0.25, -0.2) is 8.78 Å². The first kappa shape index (κ1) is 20.5. The zero-order chi connectivity index (χ0) is 20.8. The van der Waals surface area contributed by atoms with Crippen LogP contribution in [0.3, 0.4) is 0 Å². The molecule has 0 aliphatic heterocycles. The number of aromatic nitrogens is 1. The molecule has 3 rings (SSSR count). The van der Waals surface area contributed by atoms with Gasteiger partial charge in [-0.1, -0.05) is 23.7 Å². The van der Waals surface area contributed by atoms with Crippen LogP contribution < -0.4 is 4.74 Å². The summed E-state index contributed by atoms with van der Waals surface area (Å²) in [5.74, 6) is -0.964. The summed E-state index contributed by atoms with van der Waals surface area (Å²) >= 11 is 5.99. The lowest BCUT2D eigenvalue weighted by atomic mass is 10.1. The van der Waals surface area contributed by atoms with E-state index in [2.05, 4.69) is 4.98 Å². The zero-order valence-corrected chi connectivity index (χ0v) is 16.2. The molecule has 0 radical (unpaired) electrons. The molecule has 4 nitrogen and oxygen atoms in total. The van der Waals surface area contributed by atoms with Gasteiger partial charge in [-0.15, -0.1) is 0 Å². The Balaban J connectivity index is 1.66. The van der Waals surface area contributed by atoms with Crippen molar-refractivity contribution in [1.82, 2.24) is 9.88 Å². The van der Waals surface area contributed by atoms with Gasteiger partial charge >= 0.3 is 0 Å². The Morgan fingerprint density at radius 1 is 1.17 bits per heavy atom. The minimum Gasteiger partial charge on any atom is -0.453 e. The van der Waals surface area contributed by atoms with Crippen LogP contribution in [0.5, 0.6) is 11.5 Å². The van der Waals surface area contributed by atoms with Gasteiger partial charge in [0.25, 0.3) is 0 Å². The SMILES string of the molecule is CN(Cc1c(F)cccc1Cl)C(=O)/C=C/c1ccc(Oc2cccnc2)c(F)c1. The first-order valence-corrected chi connectivity index (χ1v) is 9.05. The number of benzene rings is 2. The Hall–Kier alpha value is -3.25. The Bertz CT molecular complexity index is 1020. The molecule has 0 fully saturated rings. The molecule has 3 aromatic rings. The van der Waals surface area contributed by atoms with Gasteiger partial charge in [-0.2, -0.15) is 0 Å². The first-order valence-electron chi connectivity index (χ1n) is 8.67. The van der Waals surface area contributed by atoms with E-state index >= 15 is 0 Å². The average Bonchev–Trinajstić information content (AvgIpc) is 2.71. The van der Waals surface area contributed by atoms with Crippen molar-refractivity contribution in [2.45, 2.75) is 6.54 Å². The Labute approximate surface area is 172 Å². The highest BCUT2D eigenvalue weighted by Gasteiger charge is 2.12. The molecule has 0 aliphatic rings. The fourth-order valence-electron chi connectivity index (χ4n) is 2.53. The predicted molar refractivity (Wildman–Crippen MR) is 108 cm³/mol. The van der Waals surface area contributed by atoms with Crippen molar-refractivity contribution in [2.24, 2.45) is 0 Å². The lowest BCUT2D eigenvalue weighted by molar-refractivity contribution is -0.125. The van der Waals surface area contributed by atoms with Crippen molar-refractivity contribution < 1.29 is 18.3 Å². The van der Waals surface area contributed by atoms with Gasteiger partial charge in [0.15, 0.2) is 11.6 Å². The number of halogens is 3. The fraction of sp³-hybridized carbons (Fsp3) is 0.0909. The summed E-state index contributed by atoms with van der Waals surface area (Å²) in [6, 6.07) is 12.0. The van der Waals surface area contributed by atoms with Crippen molar-refractivity contribution in [2.75, 3.05) is 7.05 Å². The van der Waals surface area contributed by atoms with E-state index in [1.54, 1.807) is 30.5 Å². The maximum atomic E-state index is 14.3. The van der Waals surface area contributed by atoms with E-state index in [1.165, 1.54) is 54.6 Å².